The monoisotopic (exact) mass is 312 g/mol. The summed E-state index contributed by atoms with van der Waals surface area (Å²) in [6, 6.07) is 2.59. The highest BCUT2D eigenvalue weighted by atomic mass is 35.5. The maximum Gasteiger partial charge on any atom is 0.244 e. The highest BCUT2D eigenvalue weighted by Crippen LogP contribution is 2.31. The third-order valence-corrected chi connectivity index (χ3v) is 4.55. The van der Waals surface area contributed by atoms with Crippen LogP contribution >= 0.6 is 23.2 Å². The molecule has 0 fully saturated rings. The van der Waals surface area contributed by atoms with Crippen LogP contribution in [0.15, 0.2) is 17.0 Å². The molecule has 0 unspecified atom stereocenters. The Bertz CT molecular complexity index is 535. The summed E-state index contributed by atoms with van der Waals surface area (Å²) in [5.74, 6) is 0. The lowest BCUT2D eigenvalue weighted by Gasteiger charge is -2.24. The number of anilines is 1. The van der Waals surface area contributed by atoms with Gasteiger partial charge in [-0.1, -0.05) is 23.2 Å². The third-order valence-electron chi connectivity index (χ3n) is 2.11. The van der Waals surface area contributed by atoms with Gasteiger partial charge in [-0.2, -0.15) is 0 Å². The van der Waals surface area contributed by atoms with Crippen molar-refractivity contribution >= 4 is 38.9 Å². The van der Waals surface area contributed by atoms with Gasteiger partial charge < -0.3 is 10.8 Å². The van der Waals surface area contributed by atoms with Crippen molar-refractivity contribution in [1.29, 1.82) is 0 Å². The largest absolute Gasteiger partial charge is 0.398 e. The van der Waals surface area contributed by atoms with Crippen LogP contribution < -0.4 is 10.5 Å². The lowest BCUT2D eigenvalue weighted by molar-refractivity contribution is 0.208. The number of rotatable bonds is 4. The number of sulfonamides is 1. The first-order valence-electron chi connectivity index (χ1n) is 4.98. The Morgan fingerprint density at radius 3 is 2.39 bits per heavy atom. The number of halogens is 2. The lowest BCUT2D eigenvalue weighted by atomic mass is 10.1. The highest BCUT2D eigenvalue weighted by Gasteiger charge is 2.29. The molecule has 0 atom stereocenters. The molecule has 0 spiro atoms. The minimum absolute atomic E-state index is 0.0475. The van der Waals surface area contributed by atoms with Crippen LogP contribution in [0.1, 0.15) is 13.8 Å². The van der Waals surface area contributed by atoms with Crippen LogP contribution in [0.5, 0.6) is 0 Å². The number of nitrogen functional groups attached to an aromatic ring is 1. The standard InChI is InChI=1S/C10H14Cl2N2O3S/c1-10(2,5-15)14-18(16,17)9-7(12)3-6(11)4-8(9)13/h3-4,14-15H,5,13H2,1-2H3. The summed E-state index contributed by atoms with van der Waals surface area (Å²) in [4.78, 5) is -0.241. The van der Waals surface area contributed by atoms with Gasteiger partial charge in [0.25, 0.3) is 0 Å². The fraction of sp³-hybridized carbons (Fsp3) is 0.400. The molecule has 0 radical (unpaired) electrons. The molecule has 0 aliphatic carbocycles. The topological polar surface area (TPSA) is 92.4 Å². The van der Waals surface area contributed by atoms with Crippen LogP contribution in [-0.4, -0.2) is 25.7 Å². The fourth-order valence-corrected chi connectivity index (χ4v) is 3.70. The van der Waals surface area contributed by atoms with E-state index in [1.165, 1.54) is 26.0 Å². The molecule has 8 heteroatoms. The molecule has 102 valence electrons. The molecule has 4 N–H and O–H groups in total. The normalized spacial score (nSPS) is 12.7. The molecule has 0 bridgehead atoms. The van der Waals surface area contributed by atoms with E-state index in [0.29, 0.717) is 0 Å². The summed E-state index contributed by atoms with van der Waals surface area (Å²) in [6.07, 6.45) is 0. The van der Waals surface area contributed by atoms with E-state index in [2.05, 4.69) is 4.72 Å². The average molecular weight is 313 g/mol. The lowest BCUT2D eigenvalue weighted by Crippen LogP contribution is -2.46. The second-order valence-corrected chi connectivity index (χ2v) is 6.92. The Labute approximate surface area is 116 Å². The number of nitrogens with one attached hydrogen (secondary N) is 1. The second-order valence-electron chi connectivity index (χ2n) is 4.45. The number of nitrogens with two attached hydrogens (primary N) is 1. The zero-order valence-corrected chi connectivity index (χ0v) is 12.2. The Morgan fingerprint density at radius 1 is 1.39 bits per heavy atom. The van der Waals surface area contributed by atoms with Gasteiger partial charge in [0.1, 0.15) is 4.90 Å². The molecule has 18 heavy (non-hydrogen) atoms. The molecule has 0 saturated heterocycles. The number of aliphatic hydroxyl groups is 1. The van der Waals surface area contributed by atoms with E-state index in [4.69, 9.17) is 34.0 Å². The van der Waals surface area contributed by atoms with E-state index < -0.39 is 15.6 Å². The molecule has 0 aliphatic rings. The summed E-state index contributed by atoms with van der Waals surface area (Å²) in [6.45, 7) is 2.70. The smallest absolute Gasteiger partial charge is 0.244 e. The van der Waals surface area contributed by atoms with Gasteiger partial charge in [-0.05, 0) is 26.0 Å². The van der Waals surface area contributed by atoms with Crippen molar-refractivity contribution in [2.75, 3.05) is 12.3 Å². The predicted octanol–water partition coefficient (Wildman–Crippen LogP) is 1.62. The van der Waals surface area contributed by atoms with Crippen molar-refractivity contribution < 1.29 is 13.5 Å². The Morgan fingerprint density at radius 2 is 1.94 bits per heavy atom. The first-order valence-corrected chi connectivity index (χ1v) is 7.22. The SMILES string of the molecule is CC(C)(CO)NS(=O)(=O)c1c(N)cc(Cl)cc1Cl. The Kier molecular flexibility index (Phi) is 4.51. The highest BCUT2D eigenvalue weighted by molar-refractivity contribution is 7.89. The van der Waals surface area contributed by atoms with E-state index in [1.54, 1.807) is 0 Å². The van der Waals surface area contributed by atoms with Crippen molar-refractivity contribution in [2.45, 2.75) is 24.3 Å². The second kappa shape index (κ2) is 5.22. The van der Waals surface area contributed by atoms with Crippen molar-refractivity contribution in [3.05, 3.63) is 22.2 Å². The van der Waals surface area contributed by atoms with Crippen molar-refractivity contribution in [3.8, 4) is 0 Å². The molecular weight excluding hydrogens is 299 g/mol. The van der Waals surface area contributed by atoms with Crippen LogP contribution in [-0.2, 0) is 10.0 Å². The molecule has 0 heterocycles. The molecule has 1 rings (SSSR count). The van der Waals surface area contributed by atoms with Crippen LogP contribution in [0.25, 0.3) is 0 Å². The van der Waals surface area contributed by atoms with Gasteiger partial charge in [0.2, 0.25) is 10.0 Å². The number of benzene rings is 1. The molecule has 0 saturated carbocycles. The van der Waals surface area contributed by atoms with Gasteiger partial charge >= 0.3 is 0 Å². The molecule has 5 nitrogen and oxygen atoms in total. The van der Waals surface area contributed by atoms with Crippen molar-refractivity contribution in [2.24, 2.45) is 0 Å². The first-order chi connectivity index (χ1) is 8.09. The van der Waals surface area contributed by atoms with E-state index in [1.807, 2.05) is 0 Å². The molecule has 1 aromatic carbocycles. The van der Waals surface area contributed by atoms with Crippen molar-refractivity contribution in [1.82, 2.24) is 4.72 Å². The van der Waals surface area contributed by atoms with Crippen molar-refractivity contribution in [3.63, 3.8) is 0 Å². The Hall–Kier alpha value is -0.530. The van der Waals surface area contributed by atoms with Gasteiger partial charge in [0.15, 0.2) is 0 Å². The average Bonchev–Trinajstić information content (AvgIpc) is 2.13. The third kappa shape index (κ3) is 3.49. The molecule has 0 amide bonds. The fourth-order valence-electron chi connectivity index (χ4n) is 1.31. The molecule has 0 aliphatic heterocycles. The van der Waals surface area contributed by atoms with Gasteiger partial charge in [-0.15, -0.1) is 0 Å². The summed E-state index contributed by atoms with van der Waals surface area (Å²) in [5, 5.41) is 9.25. The van der Waals surface area contributed by atoms with Crippen LogP contribution in [0.2, 0.25) is 10.0 Å². The zero-order chi connectivity index (χ0) is 14.1. The number of hydrogen-bond donors (Lipinski definition) is 3. The predicted molar refractivity (Wildman–Crippen MR) is 72.4 cm³/mol. The number of aliphatic hydroxyl groups excluding tert-OH is 1. The van der Waals surface area contributed by atoms with Gasteiger partial charge in [0.05, 0.1) is 22.9 Å². The van der Waals surface area contributed by atoms with Crippen LogP contribution in [0.4, 0.5) is 5.69 Å². The summed E-state index contributed by atoms with van der Waals surface area (Å²) in [5.41, 5.74) is 4.55. The molecule has 1 aromatic rings. The first kappa shape index (κ1) is 15.5. The minimum Gasteiger partial charge on any atom is -0.398 e. The summed E-state index contributed by atoms with van der Waals surface area (Å²) in [7, 11) is -3.93. The van der Waals surface area contributed by atoms with E-state index in [-0.39, 0.29) is 27.2 Å². The number of hydrogen-bond acceptors (Lipinski definition) is 4. The van der Waals surface area contributed by atoms with Gasteiger partial charge in [-0.3, -0.25) is 0 Å². The maximum atomic E-state index is 12.1. The minimum atomic E-state index is -3.93. The van der Waals surface area contributed by atoms with E-state index >= 15 is 0 Å². The maximum absolute atomic E-state index is 12.1. The molecular formula is C10H14Cl2N2O3S. The Balaban J connectivity index is 3.30. The molecule has 0 aromatic heterocycles. The summed E-state index contributed by atoms with van der Waals surface area (Å²) >= 11 is 11.6. The van der Waals surface area contributed by atoms with E-state index in [9.17, 15) is 8.42 Å². The van der Waals surface area contributed by atoms with Gasteiger partial charge in [0, 0.05) is 5.02 Å². The van der Waals surface area contributed by atoms with Crippen LogP contribution in [0, 0.1) is 0 Å². The van der Waals surface area contributed by atoms with Gasteiger partial charge in [-0.25, -0.2) is 13.1 Å². The zero-order valence-electron chi connectivity index (χ0n) is 9.87. The van der Waals surface area contributed by atoms with Crippen LogP contribution in [0.3, 0.4) is 0 Å². The summed E-state index contributed by atoms with van der Waals surface area (Å²) < 4.78 is 26.6. The van der Waals surface area contributed by atoms with E-state index in [0.717, 1.165) is 0 Å². The quantitative estimate of drug-likeness (QED) is 0.737.